The Morgan fingerprint density at radius 1 is 1.06 bits per heavy atom. The molecule has 0 saturated carbocycles. The van der Waals surface area contributed by atoms with Crippen LogP contribution in [0.2, 0.25) is 0 Å². The average Bonchev–Trinajstić information content (AvgIpc) is 3.40. The summed E-state index contributed by atoms with van der Waals surface area (Å²) in [6.07, 6.45) is 3.01. The highest BCUT2D eigenvalue weighted by Gasteiger charge is 2.33. The number of piperidine rings is 1. The number of nitrogens with zero attached hydrogens (tertiary/aromatic N) is 6. The summed E-state index contributed by atoms with van der Waals surface area (Å²) in [6.45, 7) is 13.7. The Bertz CT molecular complexity index is 1070. The third kappa shape index (κ3) is 5.94. The van der Waals surface area contributed by atoms with Crippen molar-refractivity contribution in [2.24, 2.45) is 0 Å². The van der Waals surface area contributed by atoms with E-state index in [0.717, 1.165) is 24.1 Å². The van der Waals surface area contributed by atoms with Crippen LogP contribution in [0.3, 0.4) is 0 Å². The van der Waals surface area contributed by atoms with Gasteiger partial charge in [0, 0.05) is 37.7 Å². The van der Waals surface area contributed by atoms with Crippen LogP contribution in [0.1, 0.15) is 71.2 Å². The van der Waals surface area contributed by atoms with E-state index in [0.29, 0.717) is 50.3 Å². The van der Waals surface area contributed by atoms with Gasteiger partial charge in [0.1, 0.15) is 17.5 Å². The predicted octanol–water partition coefficient (Wildman–Crippen LogP) is 3.58. The zero-order chi connectivity index (χ0) is 25.3. The molecule has 1 N–H and O–H groups in total. The largest absolute Gasteiger partial charge is 0.444 e. The van der Waals surface area contributed by atoms with Gasteiger partial charge in [0.25, 0.3) is 0 Å². The lowest BCUT2D eigenvalue weighted by atomic mass is 10.1. The second-order valence-corrected chi connectivity index (χ2v) is 10.7. The van der Waals surface area contributed by atoms with Crippen molar-refractivity contribution in [2.45, 2.75) is 84.5 Å². The smallest absolute Gasteiger partial charge is 0.410 e. The van der Waals surface area contributed by atoms with Crippen molar-refractivity contribution < 1.29 is 19.1 Å². The van der Waals surface area contributed by atoms with E-state index < -0.39 is 5.60 Å². The number of hydrogen-bond acceptors (Lipinski definition) is 8. The molecule has 2 aliphatic rings. The predicted molar refractivity (Wildman–Crippen MR) is 131 cm³/mol. The number of carbonyl (C=O) groups excluding carboxylic acids is 2. The molecule has 2 aromatic heterocycles. The Hall–Kier alpha value is -3.11. The van der Waals surface area contributed by atoms with Gasteiger partial charge in [-0.25, -0.2) is 14.6 Å². The van der Waals surface area contributed by atoms with E-state index in [-0.39, 0.29) is 24.3 Å². The fourth-order valence-corrected chi connectivity index (χ4v) is 4.42. The molecule has 2 aromatic rings. The van der Waals surface area contributed by atoms with Crippen LogP contribution in [0, 0.1) is 6.92 Å². The Labute approximate surface area is 206 Å². The average molecular weight is 488 g/mol. The van der Waals surface area contributed by atoms with Crippen molar-refractivity contribution in [3.8, 4) is 0 Å². The maximum absolute atomic E-state index is 12.7. The molecule has 0 aliphatic carbocycles. The summed E-state index contributed by atoms with van der Waals surface area (Å²) in [5.41, 5.74) is 1.37. The monoisotopic (exact) mass is 487 g/mol. The van der Waals surface area contributed by atoms with Crippen LogP contribution in [0.5, 0.6) is 0 Å². The quantitative estimate of drug-likeness (QED) is 0.696. The van der Waals surface area contributed by atoms with Gasteiger partial charge in [0.15, 0.2) is 5.65 Å². The molecule has 2 fully saturated rings. The van der Waals surface area contributed by atoms with E-state index in [1.807, 2.05) is 33.9 Å². The highest BCUT2D eigenvalue weighted by atomic mass is 16.6. The number of hydrogen-bond donors (Lipinski definition) is 1. The van der Waals surface area contributed by atoms with Gasteiger partial charge in [-0.05, 0) is 46.5 Å². The molecule has 0 bridgehead atoms. The molecule has 11 heteroatoms. The van der Waals surface area contributed by atoms with Gasteiger partial charge in [-0.15, -0.1) is 0 Å². The number of ether oxygens (including phenoxy) is 2. The first kappa shape index (κ1) is 25.0. The normalized spacial score (nSPS) is 19.5. The summed E-state index contributed by atoms with van der Waals surface area (Å²) >= 11 is 0. The summed E-state index contributed by atoms with van der Waals surface area (Å²) in [6, 6.07) is 0.164. The fourth-order valence-electron chi connectivity index (χ4n) is 4.42. The summed E-state index contributed by atoms with van der Waals surface area (Å²) < 4.78 is 12.9. The van der Waals surface area contributed by atoms with Crippen LogP contribution < -0.4 is 5.32 Å². The maximum Gasteiger partial charge on any atom is 0.410 e. The molecule has 0 radical (unpaired) electrons. The summed E-state index contributed by atoms with van der Waals surface area (Å²) in [7, 11) is 0. The van der Waals surface area contributed by atoms with Crippen LogP contribution >= 0.6 is 0 Å². The molecule has 4 heterocycles. The molecular formula is C24H37N7O4. The first-order valence-corrected chi connectivity index (χ1v) is 12.4. The van der Waals surface area contributed by atoms with Crippen LogP contribution in [-0.4, -0.2) is 85.5 Å². The molecule has 2 aliphatic heterocycles. The van der Waals surface area contributed by atoms with Gasteiger partial charge in [0.05, 0.1) is 12.7 Å². The molecule has 1 unspecified atom stereocenters. The zero-order valence-electron chi connectivity index (χ0n) is 21.6. The third-order valence-corrected chi connectivity index (χ3v) is 6.28. The van der Waals surface area contributed by atoms with Crippen LogP contribution in [-0.2, 0) is 9.47 Å². The van der Waals surface area contributed by atoms with Crippen LogP contribution in [0.25, 0.3) is 5.65 Å². The maximum atomic E-state index is 12.7. The van der Waals surface area contributed by atoms with E-state index in [1.165, 1.54) is 0 Å². The molecule has 0 spiro atoms. The number of likely N-dealkylation sites (tertiary alicyclic amines) is 2. The van der Waals surface area contributed by atoms with Crippen molar-refractivity contribution in [1.29, 1.82) is 0 Å². The van der Waals surface area contributed by atoms with E-state index in [1.54, 1.807) is 14.3 Å². The van der Waals surface area contributed by atoms with Gasteiger partial charge in [-0.2, -0.15) is 14.6 Å². The summed E-state index contributed by atoms with van der Waals surface area (Å²) in [5, 5.41) is 7.99. The van der Waals surface area contributed by atoms with E-state index in [9.17, 15) is 9.59 Å². The second kappa shape index (κ2) is 9.87. The molecule has 11 nitrogen and oxygen atoms in total. The number of anilines is 1. The lowest BCUT2D eigenvalue weighted by molar-refractivity contribution is 0.0235. The topological polar surface area (TPSA) is 114 Å². The Morgan fingerprint density at radius 3 is 2.40 bits per heavy atom. The number of carbonyl (C=O) groups is 2. The number of nitrogens with one attached hydrogen (secondary N) is 1. The molecule has 192 valence electrons. The zero-order valence-corrected chi connectivity index (χ0v) is 21.6. The van der Waals surface area contributed by atoms with Gasteiger partial charge < -0.3 is 24.6 Å². The van der Waals surface area contributed by atoms with Gasteiger partial charge in [0.2, 0.25) is 5.95 Å². The fraction of sp³-hybridized carbons (Fsp3) is 0.708. The molecule has 4 rings (SSSR count). The third-order valence-electron chi connectivity index (χ3n) is 6.28. The SMILES string of the molecule is Cc1nc(NC2CCN(C(=O)OC3CCN(C(=O)OC(C)(C)C)C3)CC2)n2ncc(C(C)C)c2n1. The number of fused-ring (bicyclic) bond motifs is 1. The van der Waals surface area contributed by atoms with Crippen molar-refractivity contribution in [2.75, 3.05) is 31.5 Å². The second-order valence-electron chi connectivity index (χ2n) is 10.7. The van der Waals surface area contributed by atoms with Crippen molar-refractivity contribution in [3.63, 3.8) is 0 Å². The van der Waals surface area contributed by atoms with Crippen LogP contribution in [0.15, 0.2) is 6.20 Å². The first-order chi connectivity index (χ1) is 16.5. The Balaban J connectivity index is 1.28. The number of rotatable bonds is 4. The van der Waals surface area contributed by atoms with Crippen molar-refractivity contribution in [1.82, 2.24) is 29.4 Å². The molecule has 2 amide bonds. The minimum absolute atomic E-state index is 0.164. The number of aromatic nitrogens is 4. The van der Waals surface area contributed by atoms with E-state index in [4.69, 9.17) is 9.47 Å². The molecule has 0 aromatic carbocycles. The van der Waals surface area contributed by atoms with Gasteiger partial charge >= 0.3 is 12.2 Å². The molecule has 1 atom stereocenters. The minimum Gasteiger partial charge on any atom is -0.444 e. The molecule has 35 heavy (non-hydrogen) atoms. The number of amides is 2. The standard InChI is InChI=1S/C24H37N7O4/c1-15(2)19-13-25-31-20(19)26-16(3)27-21(31)28-17-7-10-29(11-8-17)22(32)34-18-9-12-30(14-18)23(33)35-24(4,5)6/h13,15,17-18H,7-12,14H2,1-6H3,(H,26,27,28). The van der Waals surface area contributed by atoms with E-state index in [2.05, 4.69) is 34.2 Å². The lowest BCUT2D eigenvalue weighted by Crippen LogP contribution is -2.44. The van der Waals surface area contributed by atoms with Crippen molar-refractivity contribution >= 4 is 23.8 Å². The van der Waals surface area contributed by atoms with Gasteiger partial charge in [-0.3, -0.25) is 0 Å². The first-order valence-electron chi connectivity index (χ1n) is 12.4. The highest BCUT2D eigenvalue weighted by Crippen LogP contribution is 2.23. The van der Waals surface area contributed by atoms with Crippen molar-refractivity contribution in [3.05, 3.63) is 17.6 Å². The number of aryl methyl sites for hydroxylation is 1. The Morgan fingerprint density at radius 2 is 1.74 bits per heavy atom. The minimum atomic E-state index is -0.547. The van der Waals surface area contributed by atoms with Gasteiger partial charge in [-0.1, -0.05) is 13.8 Å². The van der Waals surface area contributed by atoms with Crippen LogP contribution in [0.4, 0.5) is 15.5 Å². The molecular weight excluding hydrogens is 450 g/mol. The lowest BCUT2D eigenvalue weighted by Gasteiger charge is -2.32. The Kier molecular flexibility index (Phi) is 7.05. The van der Waals surface area contributed by atoms with E-state index >= 15 is 0 Å². The molecule has 2 saturated heterocycles. The highest BCUT2D eigenvalue weighted by molar-refractivity contribution is 5.70. The summed E-state index contributed by atoms with van der Waals surface area (Å²) in [4.78, 5) is 37.4. The summed E-state index contributed by atoms with van der Waals surface area (Å²) in [5.74, 6) is 1.69.